The Balaban J connectivity index is 1.67. The molecule has 1 N–H and O–H groups in total. The van der Waals surface area contributed by atoms with Crippen LogP contribution in [0.4, 0.5) is 0 Å². The smallest absolute Gasteiger partial charge is 0.253 e. The van der Waals surface area contributed by atoms with Crippen LogP contribution in [0.15, 0.2) is 24.3 Å². The fourth-order valence-corrected chi connectivity index (χ4v) is 4.27. The molecule has 5 nitrogen and oxygen atoms in total. The largest absolute Gasteiger partial charge is 0.389 e. The van der Waals surface area contributed by atoms with Crippen LogP contribution in [0.3, 0.4) is 0 Å². The van der Waals surface area contributed by atoms with Crippen molar-refractivity contribution in [1.29, 1.82) is 0 Å². The minimum Gasteiger partial charge on any atom is -0.389 e. The van der Waals surface area contributed by atoms with Crippen LogP contribution >= 0.6 is 0 Å². The standard InChI is InChI=1S/C20H29NO4/c1-15-13-21(9-8-20(15,23)18-6-10-25-11-7-18)19(22)17-5-3-4-16(12-17)14-24-2/h3-5,12,15,18,23H,6-11,13-14H2,1-2H3. The third-order valence-corrected chi connectivity index (χ3v) is 5.83. The van der Waals surface area contributed by atoms with E-state index in [0.717, 1.165) is 31.6 Å². The van der Waals surface area contributed by atoms with Gasteiger partial charge in [-0.1, -0.05) is 19.1 Å². The van der Waals surface area contributed by atoms with Crippen LogP contribution in [-0.4, -0.2) is 54.9 Å². The van der Waals surface area contributed by atoms with Gasteiger partial charge in [0, 0.05) is 44.9 Å². The molecular weight excluding hydrogens is 318 g/mol. The van der Waals surface area contributed by atoms with Crippen molar-refractivity contribution in [1.82, 2.24) is 4.90 Å². The Morgan fingerprint density at radius 1 is 1.40 bits per heavy atom. The second-order valence-corrected chi connectivity index (χ2v) is 7.41. The number of carbonyl (C=O) groups excluding carboxylic acids is 1. The molecule has 25 heavy (non-hydrogen) atoms. The minimum atomic E-state index is -0.682. The molecule has 2 heterocycles. The SMILES string of the molecule is COCc1cccc(C(=O)N2CCC(O)(C3CCOCC3)C(C)C2)c1. The van der Waals surface area contributed by atoms with E-state index in [2.05, 4.69) is 6.92 Å². The predicted molar refractivity (Wildman–Crippen MR) is 95.3 cm³/mol. The highest BCUT2D eigenvalue weighted by Gasteiger charge is 2.46. The Hall–Kier alpha value is -1.43. The number of methoxy groups -OCH3 is 1. The van der Waals surface area contributed by atoms with Gasteiger partial charge in [0.25, 0.3) is 5.91 Å². The molecule has 1 aromatic carbocycles. The van der Waals surface area contributed by atoms with E-state index in [9.17, 15) is 9.90 Å². The van der Waals surface area contributed by atoms with Gasteiger partial charge in [-0.2, -0.15) is 0 Å². The van der Waals surface area contributed by atoms with Crippen LogP contribution in [0.2, 0.25) is 0 Å². The van der Waals surface area contributed by atoms with Crippen LogP contribution < -0.4 is 0 Å². The molecule has 2 aliphatic heterocycles. The molecule has 138 valence electrons. The van der Waals surface area contributed by atoms with E-state index >= 15 is 0 Å². The fraction of sp³-hybridized carbons (Fsp3) is 0.650. The molecule has 2 aliphatic rings. The number of likely N-dealkylation sites (tertiary alicyclic amines) is 1. The van der Waals surface area contributed by atoms with E-state index in [1.165, 1.54) is 0 Å². The maximum absolute atomic E-state index is 12.9. The number of benzene rings is 1. The lowest BCUT2D eigenvalue weighted by Gasteiger charge is -2.48. The summed E-state index contributed by atoms with van der Waals surface area (Å²) in [5, 5.41) is 11.2. The lowest BCUT2D eigenvalue weighted by molar-refractivity contribution is -0.125. The Kier molecular flexibility index (Phi) is 5.77. The van der Waals surface area contributed by atoms with Gasteiger partial charge in [-0.25, -0.2) is 0 Å². The van der Waals surface area contributed by atoms with E-state index in [0.29, 0.717) is 31.7 Å². The highest BCUT2D eigenvalue weighted by molar-refractivity contribution is 5.94. The van der Waals surface area contributed by atoms with Gasteiger partial charge in [-0.05, 0) is 42.9 Å². The predicted octanol–water partition coefficient (Wildman–Crippen LogP) is 2.47. The molecule has 0 bridgehead atoms. The van der Waals surface area contributed by atoms with Gasteiger partial charge in [0.15, 0.2) is 0 Å². The van der Waals surface area contributed by atoms with Crippen LogP contribution in [0.25, 0.3) is 0 Å². The quantitative estimate of drug-likeness (QED) is 0.909. The highest BCUT2D eigenvalue weighted by Crippen LogP contribution is 2.39. The molecule has 0 aliphatic carbocycles. The second-order valence-electron chi connectivity index (χ2n) is 7.41. The first-order valence-corrected chi connectivity index (χ1v) is 9.22. The average molecular weight is 347 g/mol. The summed E-state index contributed by atoms with van der Waals surface area (Å²) >= 11 is 0. The first kappa shape index (κ1) is 18.4. The van der Waals surface area contributed by atoms with Crippen molar-refractivity contribution in [2.75, 3.05) is 33.4 Å². The number of rotatable bonds is 4. The number of nitrogens with zero attached hydrogens (tertiary/aromatic N) is 1. The molecule has 2 saturated heterocycles. The van der Waals surface area contributed by atoms with Crippen molar-refractivity contribution in [3.63, 3.8) is 0 Å². The summed E-state index contributed by atoms with van der Waals surface area (Å²) in [5.41, 5.74) is 1.01. The molecule has 2 atom stereocenters. The van der Waals surface area contributed by atoms with E-state index in [4.69, 9.17) is 9.47 Å². The van der Waals surface area contributed by atoms with Crippen molar-refractivity contribution in [3.8, 4) is 0 Å². The monoisotopic (exact) mass is 347 g/mol. The van der Waals surface area contributed by atoms with Gasteiger partial charge in [0.05, 0.1) is 12.2 Å². The Morgan fingerprint density at radius 3 is 2.84 bits per heavy atom. The summed E-state index contributed by atoms with van der Waals surface area (Å²) in [7, 11) is 1.65. The van der Waals surface area contributed by atoms with Crippen molar-refractivity contribution >= 4 is 5.91 Å². The summed E-state index contributed by atoms with van der Waals surface area (Å²) in [6.45, 7) is 5.23. The van der Waals surface area contributed by atoms with Gasteiger partial charge >= 0.3 is 0 Å². The molecular formula is C20H29NO4. The topological polar surface area (TPSA) is 59.0 Å². The lowest BCUT2D eigenvalue weighted by atomic mass is 9.70. The summed E-state index contributed by atoms with van der Waals surface area (Å²) in [6.07, 6.45) is 2.46. The molecule has 3 rings (SSSR count). The second kappa shape index (κ2) is 7.85. The number of hydrogen-bond acceptors (Lipinski definition) is 4. The first-order chi connectivity index (χ1) is 12.0. The number of hydrogen-bond donors (Lipinski definition) is 1. The van der Waals surface area contributed by atoms with E-state index in [1.54, 1.807) is 7.11 Å². The number of carbonyl (C=O) groups is 1. The molecule has 0 saturated carbocycles. The third-order valence-electron chi connectivity index (χ3n) is 5.83. The molecule has 0 spiro atoms. The summed E-state index contributed by atoms with van der Waals surface area (Å²) in [5.74, 6) is 0.382. The maximum Gasteiger partial charge on any atom is 0.253 e. The zero-order valence-electron chi connectivity index (χ0n) is 15.2. The van der Waals surface area contributed by atoms with E-state index in [-0.39, 0.29) is 17.7 Å². The van der Waals surface area contributed by atoms with Gasteiger partial charge in [-0.15, -0.1) is 0 Å². The molecule has 2 fully saturated rings. The minimum absolute atomic E-state index is 0.0406. The number of aliphatic hydroxyl groups is 1. The maximum atomic E-state index is 12.9. The molecule has 1 amide bonds. The van der Waals surface area contributed by atoms with E-state index in [1.807, 2.05) is 29.2 Å². The van der Waals surface area contributed by atoms with Crippen molar-refractivity contribution in [3.05, 3.63) is 35.4 Å². The molecule has 0 aromatic heterocycles. The average Bonchev–Trinajstić information content (AvgIpc) is 2.65. The van der Waals surface area contributed by atoms with Gasteiger partial charge in [-0.3, -0.25) is 4.79 Å². The van der Waals surface area contributed by atoms with Crippen molar-refractivity contribution in [2.24, 2.45) is 11.8 Å². The molecule has 1 aromatic rings. The zero-order valence-corrected chi connectivity index (χ0v) is 15.2. The number of piperidine rings is 1. The molecule has 2 unspecified atom stereocenters. The van der Waals surface area contributed by atoms with Crippen LogP contribution in [0.1, 0.15) is 42.1 Å². The van der Waals surface area contributed by atoms with Gasteiger partial charge in [0.2, 0.25) is 0 Å². The number of amides is 1. The molecule has 5 heteroatoms. The van der Waals surface area contributed by atoms with Gasteiger partial charge < -0.3 is 19.5 Å². The lowest BCUT2D eigenvalue weighted by Crippen LogP contribution is -2.56. The highest BCUT2D eigenvalue weighted by atomic mass is 16.5. The fourth-order valence-electron chi connectivity index (χ4n) is 4.27. The van der Waals surface area contributed by atoms with Crippen LogP contribution in [0.5, 0.6) is 0 Å². The van der Waals surface area contributed by atoms with Crippen LogP contribution in [-0.2, 0) is 16.1 Å². The van der Waals surface area contributed by atoms with E-state index < -0.39 is 5.60 Å². The van der Waals surface area contributed by atoms with Crippen molar-refractivity contribution < 1.29 is 19.4 Å². The zero-order chi connectivity index (χ0) is 17.9. The van der Waals surface area contributed by atoms with Crippen molar-refractivity contribution in [2.45, 2.75) is 38.4 Å². The normalized spacial score (nSPS) is 28.1. The Labute approximate surface area is 149 Å². The van der Waals surface area contributed by atoms with Crippen LogP contribution in [0, 0.1) is 11.8 Å². The summed E-state index contributed by atoms with van der Waals surface area (Å²) in [6, 6.07) is 7.61. The number of ether oxygens (including phenoxy) is 2. The summed E-state index contributed by atoms with van der Waals surface area (Å²) < 4.78 is 10.6. The summed E-state index contributed by atoms with van der Waals surface area (Å²) in [4.78, 5) is 14.8. The Bertz CT molecular complexity index is 599. The van der Waals surface area contributed by atoms with Gasteiger partial charge in [0.1, 0.15) is 0 Å². The third kappa shape index (κ3) is 3.89. The molecule has 0 radical (unpaired) electrons. The first-order valence-electron chi connectivity index (χ1n) is 9.22. The Morgan fingerprint density at radius 2 is 2.16 bits per heavy atom.